The van der Waals surface area contributed by atoms with Gasteiger partial charge in [0.15, 0.2) is 17.8 Å². The number of anilines is 4. The van der Waals surface area contributed by atoms with E-state index in [1.807, 2.05) is 12.4 Å². The van der Waals surface area contributed by atoms with Gasteiger partial charge in [0.05, 0.1) is 22.4 Å². The number of nitrogens with zero attached hydrogens (tertiary/aromatic N) is 5. The first-order valence-electron chi connectivity index (χ1n) is 18.8. The van der Waals surface area contributed by atoms with Crippen molar-refractivity contribution >= 4 is 44.8 Å². The van der Waals surface area contributed by atoms with Crippen LogP contribution in [0, 0.1) is 6.17 Å². The third-order valence-electron chi connectivity index (χ3n) is 10.6. The maximum atomic E-state index is 5.14. The topological polar surface area (TPSA) is 37.2 Å². The van der Waals surface area contributed by atoms with Crippen LogP contribution < -0.4 is 9.80 Å². The maximum absolute atomic E-state index is 5.14. The lowest BCUT2D eigenvalue weighted by Crippen LogP contribution is -2.34. The van der Waals surface area contributed by atoms with Crippen LogP contribution in [0.25, 0.3) is 27.5 Å². The van der Waals surface area contributed by atoms with E-state index in [0.717, 1.165) is 29.1 Å². The Kier molecular flexibility index (Phi) is 8.61. The Balaban J connectivity index is 1.41. The van der Waals surface area contributed by atoms with Gasteiger partial charge >= 0.3 is 0 Å². The number of hydrogen-bond donors (Lipinski definition) is 0. The van der Waals surface area contributed by atoms with Crippen molar-refractivity contribution in [3.05, 3.63) is 156 Å². The average Bonchev–Trinajstić information content (AvgIpc) is 3.67. The van der Waals surface area contributed by atoms with Gasteiger partial charge in [-0.3, -0.25) is 9.80 Å². The molecule has 5 nitrogen and oxygen atoms in total. The first-order chi connectivity index (χ1) is 25.2. The number of rotatable bonds is 8. The van der Waals surface area contributed by atoms with E-state index in [-0.39, 0.29) is 0 Å². The van der Waals surface area contributed by atoms with Crippen molar-refractivity contribution in [3.8, 4) is 5.69 Å². The first kappa shape index (κ1) is 33.7. The summed E-state index contributed by atoms with van der Waals surface area (Å²) in [5.41, 5.74) is 12.2. The summed E-state index contributed by atoms with van der Waals surface area (Å²) in [6, 6.07) is 40.1. The summed E-state index contributed by atoms with van der Waals surface area (Å²) < 4.78 is 2.39. The van der Waals surface area contributed by atoms with Gasteiger partial charge in [0.1, 0.15) is 0 Å². The van der Waals surface area contributed by atoms with Gasteiger partial charge in [-0.2, -0.15) is 0 Å². The van der Waals surface area contributed by atoms with E-state index in [4.69, 9.17) is 9.97 Å². The van der Waals surface area contributed by atoms with E-state index in [9.17, 15) is 0 Å². The minimum Gasteiger partial charge on any atom is -0.309 e. The lowest BCUT2D eigenvalue weighted by molar-refractivity contribution is 0.805. The van der Waals surface area contributed by atoms with Crippen LogP contribution in [-0.4, -0.2) is 14.5 Å². The number of benzene rings is 5. The van der Waals surface area contributed by atoms with Crippen molar-refractivity contribution < 1.29 is 0 Å². The highest BCUT2D eigenvalue weighted by Gasteiger charge is 2.46. The van der Waals surface area contributed by atoms with Gasteiger partial charge in [0.25, 0.3) is 0 Å². The van der Waals surface area contributed by atoms with Crippen molar-refractivity contribution in [3.63, 3.8) is 0 Å². The molecule has 0 fully saturated rings. The lowest BCUT2D eigenvalue weighted by Gasteiger charge is -2.36. The minimum absolute atomic E-state index is 0.302. The molecule has 8 rings (SSSR count). The predicted octanol–water partition coefficient (Wildman–Crippen LogP) is 12.9. The van der Waals surface area contributed by atoms with Crippen LogP contribution in [0.5, 0.6) is 0 Å². The van der Waals surface area contributed by atoms with Crippen molar-refractivity contribution in [2.24, 2.45) is 0 Å². The zero-order valence-corrected chi connectivity index (χ0v) is 31.6. The van der Waals surface area contributed by atoms with Crippen LogP contribution in [0.15, 0.2) is 122 Å². The van der Waals surface area contributed by atoms with E-state index in [2.05, 4.69) is 179 Å². The third-order valence-corrected chi connectivity index (χ3v) is 10.6. The molecular formula is C47H48N5. The Hall–Kier alpha value is -5.42. The molecule has 0 atom stereocenters. The van der Waals surface area contributed by atoms with Crippen molar-refractivity contribution in [1.82, 2.24) is 14.5 Å². The van der Waals surface area contributed by atoms with E-state index in [1.165, 1.54) is 55.4 Å². The molecule has 2 aromatic heterocycles. The van der Waals surface area contributed by atoms with Crippen LogP contribution in [0.1, 0.15) is 107 Å². The first-order valence-corrected chi connectivity index (χ1v) is 18.8. The van der Waals surface area contributed by atoms with Gasteiger partial charge in [-0.05, 0) is 70.2 Å². The predicted molar refractivity (Wildman–Crippen MR) is 219 cm³/mol. The molecule has 0 saturated heterocycles. The molecule has 7 aromatic rings. The standard InChI is InChI=1S/C47H48N5/c1-29(2)35-17-13-18-36(30(3)4)43(35)51-45-46(49-28-27-48-45)52(44-37(31(5)6)19-14-20-38(44)32(7)8)47(51)33-23-25-34(26-24-33)50-41-21-11-9-15-39(41)40-16-10-12-22-42(40)50/h9-32H,1-8H3. The SMILES string of the molecule is CC(C)c1cccc(C(C)C)c1N1[C](c2ccc(-n3c4ccccc4c4ccccc43)cc2)N(c2c(C(C)C)cccc2C(C)C)c2nccnc21. The molecule has 52 heavy (non-hydrogen) atoms. The molecule has 0 aliphatic carbocycles. The molecule has 0 amide bonds. The minimum atomic E-state index is 0.302. The van der Waals surface area contributed by atoms with Gasteiger partial charge in [-0.1, -0.05) is 140 Å². The van der Waals surface area contributed by atoms with Crippen LogP contribution in [-0.2, 0) is 0 Å². The second-order valence-electron chi connectivity index (χ2n) is 15.3. The molecule has 1 aliphatic heterocycles. The summed E-state index contributed by atoms with van der Waals surface area (Å²) in [4.78, 5) is 15.1. The van der Waals surface area contributed by atoms with E-state index >= 15 is 0 Å². The Morgan fingerprint density at radius 1 is 0.423 bits per heavy atom. The van der Waals surface area contributed by atoms with Crippen molar-refractivity contribution in [1.29, 1.82) is 0 Å². The Labute approximate surface area is 308 Å². The van der Waals surface area contributed by atoms with Crippen LogP contribution >= 0.6 is 0 Å². The monoisotopic (exact) mass is 682 g/mol. The second-order valence-corrected chi connectivity index (χ2v) is 15.3. The number of fused-ring (bicyclic) bond motifs is 4. The fourth-order valence-electron chi connectivity index (χ4n) is 8.12. The summed E-state index contributed by atoms with van der Waals surface area (Å²) in [5.74, 6) is 2.92. The van der Waals surface area contributed by atoms with E-state index in [0.29, 0.717) is 23.7 Å². The number of aromatic nitrogens is 3. The zero-order chi connectivity index (χ0) is 36.3. The number of para-hydroxylation sites is 4. The Morgan fingerprint density at radius 3 is 1.19 bits per heavy atom. The van der Waals surface area contributed by atoms with Crippen LogP contribution in [0.2, 0.25) is 0 Å². The molecule has 3 heterocycles. The highest BCUT2D eigenvalue weighted by atomic mass is 15.5. The lowest BCUT2D eigenvalue weighted by atomic mass is 9.90. The summed E-state index contributed by atoms with van der Waals surface area (Å²) in [6.45, 7) is 18.3. The fourth-order valence-corrected chi connectivity index (χ4v) is 8.12. The van der Waals surface area contributed by atoms with Crippen LogP contribution in [0.4, 0.5) is 23.0 Å². The molecule has 0 saturated carbocycles. The van der Waals surface area contributed by atoms with Gasteiger partial charge in [-0.25, -0.2) is 9.97 Å². The molecule has 1 radical (unpaired) electrons. The molecule has 0 unspecified atom stereocenters. The van der Waals surface area contributed by atoms with Gasteiger partial charge < -0.3 is 4.57 Å². The number of hydrogen-bond acceptors (Lipinski definition) is 4. The smallest absolute Gasteiger partial charge is 0.199 e. The van der Waals surface area contributed by atoms with Crippen molar-refractivity contribution in [2.75, 3.05) is 9.80 Å². The highest BCUT2D eigenvalue weighted by molar-refractivity contribution is 6.09. The second kappa shape index (κ2) is 13.3. The average molecular weight is 683 g/mol. The summed E-state index contributed by atoms with van der Waals surface area (Å²) in [5, 5.41) is 2.52. The van der Waals surface area contributed by atoms with Gasteiger partial charge in [-0.15, -0.1) is 0 Å². The third kappa shape index (κ3) is 5.37. The maximum Gasteiger partial charge on any atom is 0.199 e. The summed E-state index contributed by atoms with van der Waals surface area (Å²) in [7, 11) is 0. The molecule has 0 spiro atoms. The summed E-state index contributed by atoms with van der Waals surface area (Å²) in [6.07, 6.45) is 4.73. The molecule has 0 bridgehead atoms. The fraction of sp³-hybridized carbons (Fsp3) is 0.255. The van der Waals surface area contributed by atoms with E-state index in [1.54, 1.807) is 0 Å². The van der Waals surface area contributed by atoms with E-state index < -0.39 is 0 Å². The largest absolute Gasteiger partial charge is 0.309 e. The Bertz CT molecular complexity index is 2200. The quantitative estimate of drug-likeness (QED) is 0.160. The van der Waals surface area contributed by atoms with Crippen molar-refractivity contribution in [2.45, 2.75) is 79.1 Å². The Morgan fingerprint density at radius 2 is 0.808 bits per heavy atom. The molecular weight excluding hydrogens is 635 g/mol. The molecule has 261 valence electrons. The van der Waals surface area contributed by atoms with Gasteiger partial charge in [0, 0.05) is 34.4 Å². The normalized spacial score (nSPS) is 13.5. The molecule has 5 aromatic carbocycles. The molecule has 0 N–H and O–H groups in total. The van der Waals surface area contributed by atoms with Crippen LogP contribution in [0.3, 0.4) is 0 Å². The summed E-state index contributed by atoms with van der Waals surface area (Å²) >= 11 is 0. The van der Waals surface area contributed by atoms with Gasteiger partial charge in [0.2, 0.25) is 0 Å². The zero-order valence-electron chi connectivity index (χ0n) is 31.6. The molecule has 1 aliphatic rings. The molecule has 5 heteroatoms. The highest BCUT2D eigenvalue weighted by Crippen LogP contribution is 2.56.